The van der Waals surface area contributed by atoms with Crippen LogP contribution in [0.1, 0.15) is 0 Å². The number of rotatable bonds is 3. The maximum absolute atomic E-state index is 9.80. The van der Waals surface area contributed by atoms with Crippen LogP contribution in [0.2, 0.25) is 0 Å². The van der Waals surface area contributed by atoms with Gasteiger partial charge in [-0.3, -0.25) is 0 Å². The molecular weight excluding hydrogens is 288 g/mol. The highest BCUT2D eigenvalue weighted by Gasteiger charge is 2.44. The van der Waals surface area contributed by atoms with E-state index in [9.17, 15) is 10.2 Å². The van der Waals surface area contributed by atoms with E-state index in [4.69, 9.17) is 26.9 Å². The van der Waals surface area contributed by atoms with Crippen LogP contribution in [0.5, 0.6) is 0 Å². The summed E-state index contributed by atoms with van der Waals surface area (Å²) in [6, 6.07) is 0. The fraction of sp³-hybridized carbons (Fsp3) is 0.500. The van der Waals surface area contributed by atoms with Crippen molar-refractivity contribution in [2.24, 2.45) is 0 Å². The third kappa shape index (κ3) is 2.07. The zero-order chi connectivity index (χ0) is 14.3. The molecule has 1 aliphatic heterocycles. The molecule has 1 aliphatic rings. The third-order valence-corrected chi connectivity index (χ3v) is 3.34. The summed E-state index contributed by atoms with van der Waals surface area (Å²) >= 11 is 5.01. The average Bonchev–Trinajstić information content (AvgIpc) is 2.97. The summed E-state index contributed by atoms with van der Waals surface area (Å²) in [7, 11) is 0. The Morgan fingerprint density at radius 1 is 1.40 bits per heavy atom. The Morgan fingerprint density at radius 2 is 2.20 bits per heavy atom. The lowest BCUT2D eigenvalue weighted by molar-refractivity contribution is -0.169. The summed E-state index contributed by atoms with van der Waals surface area (Å²) in [6.07, 6.45) is -1.80. The van der Waals surface area contributed by atoms with Gasteiger partial charge in [0.05, 0.1) is 12.9 Å². The van der Waals surface area contributed by atoms with Gasteiger partial charge in [-0.1, -0.05) is 12.2 Å². The van der Waals surface area contributed by atoms with Crippen molar-refractivity contribution in [2.75, 3.05) is 6.61 Å². The molecule has 0 amide bonds. The highest BCUT2D eigenvalue weighted by Crippen LogP contribution is 2.21. The molecule has 4 atom stereocenters. The summed E-state index contributed by atoms with van der Waals surface area (Å²) in [5.74, 6) is 0. The zero-order valence-corrected chi connectivity index (χ0v) is 10.9. The van der Waals surface area contributed by atoms with E-state index in [1.54, 1.807) is 0 Å². The molecule has 0 aromatic carbocycles. The topological polar surface area (TPSA) is 126 Å². The lowest BCUT2D eigenvalue weighted by Gasteiger charge is -2.16. The Bertz CT molecular complexity index is 673. The molecule has 1 saturated heterocycles. The van der Waals surface area contributed by atoms with Gasteiger partial charge in [-0.05, 0) is 0 Å². The van der Waals surface area contributed by atoms with Crippen LogP contribution in [-0.2, 0) is 4.74 Å². The van der Waals surface area contributed by atoms with E-state index in [0.717, 1.165) is 0 Å². The normalized spacial score (nSPS) is 29.9. The highest BCUT2D eigenvalue weighted by atomic mass is 32.1. The van der Waals surface area contributed by atoms with Crippen molar-refractivity contribution in [3.63, 3.8) is 0 Å². The summed E-state index contributed by atoms with van der Waals surface area (Å²) in [5, 5.41) is 28.4. The molecule has 9 nitrogen and oxygen atoms in total. The molecule has 0 unspecified atom stereocenters. The molecule has 108 valence electrons. The van der Waals surface area contributed by atoms with Crippen molar-refractivity contribution in [3.8, 4) is 0 Å². The Kier molecular flexibility index (Phi) is 3.40. The van der Waals surface area contributed by atoms with Crippen LogP contribution in [0.15, 0.2) is 12.7 Å². The first-order valence-corrected chi connectivity index (χ1v) is 6.23. The quantitative estimate of drug-likeness (QED) is 0.497. The van der Waals surface area contributed by atoms with Crippen molar-refractivity contribution >= 4 is 23.4 Å². The van der Waals surface area contributed by atoms with Crippen molar-refractivity contribution in [1.82, 2.24) is 19.7 Å². The van der Waals surface area contributed by atoms with Crippen LogP contribution in [0.3, 0.4) is 0 Å². The van der Waals surface area contributed by atoms with E-state index >= 15 is 0 Å². The van der Waals surface area contributed by atoms with E-state index in [-0.39, 0.29) is 0 Å². The zero-order valence-electron chi connectivity index (χ0n) is 10.1. The maximum Gasteiger partial charge on any atom is 0.254 e. The lowest BCUT2D eigenvalue weighted by atomic mass is 10.1. The molecule has 20 heavy (non-hydrogen) atoms. The van der Waals surface area contributed by atoms with Gasteiger partial charge in [0, 0.05) is 0 Å². The first kappa shape index (κ1) is 13.4. The van der Waals surface area contributed by atoms with Crippen molar-refractivity contribution in [1.29, 1.82) is 0 Å². The molecule has 2 aromatic heterocycles. The van der Waals surface area contributed by atoms with Gasteiger partial charge in [0.1, 0.15) is 30.2 Å². The number of nitrogens with one attached hydrogen (secondary N) is 1. The molecular formula is C10H12N4O5S. The molecule has 1 fully saturated rings. The number of nitrogens with zero attached hydrogens (tertiary/aromatic N) is 3. The Morgan fingerprint density at radius 3 is 2.90 bits per heavy atom. The Hall–Kier alpha value is -1.59. The largest absolute Gasteiger partial charge is 0.394 e. The van der Waals surface area contributed by atoms with Gasteiger partial charge < -0.3 is 29.9 Å². The minimum atomic E-state index is -1.28. The number of imidazole rings is 1. The lowest BCUT2D eigenvalue weighted by Crippen LogP contribution is -2.38. The standard InChI is InChI=1S/C10H12N4O5S/c15-1-4-6(16)7(17)10(18-4)19-14-3-13-5-8(14)11-2-12-9(5)20/h2-4,6-7,10,15-17H,1H2,(H,11,12,20)/t4-,6-,7-,10-/m1/s1. The second kappa shape index (κ2) is 5.07. The van der Waals surface area contributed by atoms with Crippen LogP contribution in [0, 0.1) is 4.64 Å². The molecule has 2 aromatic rings. The van der Waals surface area contributed by atoms with Crippen LogP contribution >= 0.6 is 12.2 Å². The van der Waals surface area contributed by atoms with Gasteiger partial charge >= 0.3 is 0 Å². The second-order valence-electron chi connectivity index (χ2n) is 4.29. The van der Waals surface area contributed by atoms with Crippen molar-refractivity contribution in [3.05, 3.63) is 17.3 Å². The fourth-order valence-electron chi connectivity index (χ4n) is 1.98. The second-order valence-corrected chi connectivity index (χ2v) is 4.67. The predicted molar refractivity (Wildman–Crippen MR) is 67.1 cm³/mol. The van der Waals surface area contributed by atoms with Crippen LogP contribution in [-0.4, -0.2) is 66.2 Å². The Balaban J connectivity index is 1.87. The number of aromatic amines is 1. The van der Waals surface area contributed by atoms with E-state index < -0.39 is 31.2 Å². The smallest absolute Gasteiger partial charge is 0.254 e. The number of fused-ring (bicyclic) bond motifs is 1. The number of H-pyrrole nitrogens is 1. The van der Waals surface area contributed by atoms with Gasteiger partial charge in [-0.25, -0.2) is 9.97 Å². The Labute approximate surface area is 117 Å². The SMILES string of the molecule is OC[C@H]1O[C@H](On2cnc3c(=S)nc[nH]c32)[C@H](O)[C@@H]1O. The fourth-order valence-corrected chi connectivity index (χ4v) is 2.18. The number of aromatic nitrogens is 4. The van der Waals surface area contributed by atoms with Gasteiger partial charge in [0.15, 0.2) is 10.3 Å². The van der Waals surface area contributed by atoms with Crippen LogP contribution < -0.4 is 4.84 Å². The number of hydrogen-bond donors (Lipinski definition) is 4. The van der Waals surface area contributed by atoms with E-state index in [2.05, 4.69) is 15.0 Å². The van der Waals surface area contributed by atoms with Gasteiger partial charge in [-0.15, -0.1) is 0 Å². The van der Waals surface area contributed by atoms with Gasteiger partial charge in [0.25, 0.3) is 6.29 Å². The average molecular weight is 300 g/mol. The minimum absolute atomic E-state index is 0.308. The summed E-state index contributed by atoms with van der Waals surface area (Å²) < 4.78 is 6.75. The third-order valence-electron chi connectivity index (χ3n) is 3.04. The predicted octanol–water partition coefficient (Wildman–Crippen LogP) is -1.64. The molecule has 3 rings (SSSR count). The van der Waals surface area contributed by atoms with E-state index in [0.29, 0.717) is 15.8 Å². The number of aliphatic hydroxyl groups is 3. The monoisotopic (exact) mass is 300 g/mol. The molecule has 4 N–H and O–H groups in total. The highest BCUT2D eigenvalue weighted by molar-refractivity contribution is 7.71. The summed E-state index contributed by atoms with van der Waals surface area (Å²) in [6.45, 7) is -0.422. The molecule has 10 heteroatoms. The first-order chi connectivity index (χ1) is 9.61. The van der Waals surface area contributed by atoms with Gasteiger partial charge in [-0.2, -0.15) is 4.73 Å². The van der Waals surface area contributed by atoms with E-state index in [1.165, 1.54) is 17.4 Å². The van der Waals surface area contributed by atoms with Gasteiger partial charge in [0.2, 0.25) is 0 Å². The molecule has 0 saturated carbocycles. The number of ether oxygens (including phenoxy) is 1. The van der Waals surface area contributed by atoms with Crippen LogP contribution in [0.4, 0.5) is 0 Å². The van der Waals surface area contributed by atoms with Crippen molar-refractivity contribution < 1.29 is 24.9 Å². The van der Waals surface area contributed by atoms with Crippen LogP contribution in [0.25, 0.3) is 11.2 Å². The molecule has 0 aliphatic carbocycles. The molecule has 0 bridgehead atoms. The summed E-state index contributed by atoms with van der Waals surface area (Å²) in [4.78, 5) is 16.1. The maximum atomic E-state index is 9.80. The minimum Gasteiger partial charge on any atom is -0.394 e. The molecule has 0 spiro atoms. The molecule has 3 heterocycles. The summed E-state index contributed by atoms with van der Waals surface area (Å²) in [5.41, 5.74) is 0.886. The van der Waals surface area contributed by atoms with Crippen molar-refractivity contribution in [2.45, 2.75) is 24.6 Å². The molecule has 0 radical (unpaired) electrons. The first-order valence-electron chi connectivity index (χ1n) is 5.82. The number of aliphatic hydroxyl groups excluding tert-OH is 3. The number of hydrogen-bond acceptors (Lipinski definition) is 8. The van der Waals surface area contributed by atoms with E-state index in [1.807, 2.05) is 0 Å².